The highest BCUT2D eigenvalue weighted by Gasteiger charge is 2.41. The Kier molecular flexibility index (Phi) is 3.93. The lowest BCUT2D eigenvalue weighted by atomic mass is 9.85. The molecule has 2 heterocycles. The molecule has 8 heteroatoms. The molecule has 1 aromatic rings. The highest BCUT2D eigenvalue weighted by Crippen LogP contribution is 2.40. The van der Waals surface area contributed by atoms with Gasteiger partial charge in [0.1, 0.15) is 5.69 Å². The molecule has 3 rings (SSSR count). The second kappa shape index (κ2) is 5.77. The van der Waals surface area contributed by atoms with Gasteiger partial charge in [0, 0.05) is 24.7 Å². The normalized spacial score (nSPS) is 20.8. The van der Waals surface area contributed by atoms with Crippen LogP contribution in [0.3, 0.4) is 0 Å². The van der Waals surface area contributed by atoms with Crippen molar-refractivity contribution in [3.8, 4) is 0 Å². The third-order valence-electron chi connectivity index (χ3n) is 5.35. The van der Waals surface area contributed by atoms with Crippen molar-refractivity contribution in [3.63, 3.8) is 0 Å². The van der Waals surface area contributed by atoms with Crippen LogP contribution in [0.4, 0.5) is 17.1 Å². The maximum Gasteiger partial charge on any atom is 0.299 e. The van der Waals surface area contributed by atoms with Gasteiger partial charge in [-0.1, -0.05) is 0 Å². The molecule has 0 aliphatic carbocycles. The summed E-state index contributed by atoms with van der Waals surface area (Å²) < 4.78 is 0. The second-order valence-electron chi connectivity index (χ2n) is 6.42. The Balaban J connectivity index is 1.83. The molecular weight excluding hydrogens is 300 g/mol. The van der Waals surface area contributed by atoms with Gasteiger partial charge in [-0.2, -0.15) is 0 Å². The number of likely N-dealkylation sites (tertiary alicyclic amines) is 1. The van der Waals surface area contributed by atoms with Crippen molar-refractivity contribution in [2.24, 2.45) is 0 Å². The summed E-state index contributed by atoms with van der Waals surface area (Å²) in [4.78, 5) is 25.4. The summed E-state index contributed by atoms with van der Waals surface area (Å²) in [5.74, 6) is 0. The van der Waals surface area contributed by atoms with E-state index < -0.39 is 9.85 Å². The van der Waals surface area contributed by atoms with E-state index in [1.807, 2.05) is 4.90 Å². The molecule has 0 saturated carbocycles. The molecule has 0 aromatic heterocycles. The first kappa shape index (κ1) is 15.7. The van der Waals surface area contributed by atoms with Gasteiger partial charge in [-0.15, -0.1) is 0 Å². The Bertz CT molecular complexity index is 640. The van der Waals surface area contributed by atoms with E-state index >= 15 is 0 Å². The van der Waals surface area contributed by atoms with Crippen LogP contribution in [0, 0.1) is 20.2 Å². The number of anilines is 1. The number of nitrogens with zero attached hydrogens (tertiary/aromatic N) is 4. The van der Waals surface area contributed by atoms with E-state index in [4.69, 9.17) is 0 Å². The van der Waals surface area contributed by atoms with Crippen molar-refractivity contribution in [1.29, 1.82) is 0 Å². The molecule has 1 spiro atoms. The molecule has 8 nitrogen and oxygen atoms in total. The van der Waals surface area contributed by atoms with Gasteiger partial charge in [0.25, 0.3) is 11.4 Å². The van der Waals surface area contributed by atoms with Crippen LogP contribution in [0.1, 0.15) is 25.7 Å². The topological polar surface area (TPSA) is 92.8 Å². The van der Waals surface area contributed by atoms with E-state index in [0.717, 1.165) is 38.5 Å². The third kappa shape index (κ3) is 2.74. The Morgan fingerprint density at radius 1 is 1.04 bits per heavy atom. The van der Waals surface area contributed by atoms with Crippen LogP contribution in [-0.4, -0.2) is 47.0 Å². The lowest BCUT2D eigenvalue weighted by molar-refractivity contribution is -0.393. The molecule has 0 N–H and O–H groups in total. The molecule has 2 aliphatic heterocycles. The van der Waals surface area contributed by atoms with E-state index in [1.54, 1.807) is 0 Å². The van der Waals surface area contributed by atoms with Crippen molar-refractivity contribution in [2.75, 3.05) is 31.6 Å². The SMILES string of the molecule is CN1CCCC12CCN(c1ccc([N+](=O)[O-])cc1[N+](=O)[O-])CC2. The Morgan fingerprint density at radius 3 is 2.26 bits per heavy atom. The third-order valence-corrected chi connectivity index (χ3v) is 5.35. The molecule has 2 fully saturated rings. The van der Waals surface area contributed by atoms with E-state index in [0.29, 0.717) is 5.69 Å². The smallest absolute Gasteiger partial charge is 0.299 e. The number of hydrogen-bond acceptors (Lipinski definition) is 6. The number of hydrogen-bond donors (Lipinski definition) is 0. The maximum atomic E-state index is 11.3. The van der Waals surface area contributed by atoms with Crippen LogP contribution < -0.4 is 4.90 Å². The second-order valence-corrected chi connectivity index (χ2v) is 6.42. The quantitative estimate of drug-likeness (QED) is 0.627. The molecule has 2 aliphatic rings. The monoisotopic (exact) mass is 320 g/mol. The van der Waals surface area contributed by atoms with Gasteiger partial charge < -0.3 is 9.80 Å². The van der Waals surface area contributed by atoms with E-state index in [-0.39, 0.29) is 16.9 Å². The predicted octanol–water partition coefficient (Wildman–Crippen LogP) is 2.57. The molecule has 0 amide bonds. The summed E-state index contributed by atoms with van der Waals surface area (Å²) >= 11 is 0. The molecular formula is C15H20N4O4. The highest BCUT2D eigenvalue weighted by molar-refractivity contribution is 5.67. The minimum absolute atomic E-state index is 0.185. The summed E-state index contributed by atoms with van der Waals surface area (Å²) in [6.45, 7) is 2.59. The first-order valence-corrected chi connectivity index (χ1v) is 7.82. The van der Waals surface area contributed by atoms with Gasteiger partial charge >= 0.3 is 0 Å². The fraction of sp³-hybridized carbons (Fsp3) is 0.600. The summed E-state index contributed by atoms with van der Waals surface area (Å²) in [6, 6.07) is 3.91. The lowest BCUT2D eigenvalue weighted by Crippen LogP contribution is -2.50. The number of piperidine rings is 1. The van der Waals surface area contributed by atoms with Gasteiger partial charge in [-0.3, -0.25) is 20.2 Å². The van der Waals surface area contributed by atoms with Crippen molar-refractivity contribution in [2.45, 2.75) is 31.2 Å². The zero-order valence-corrected chi connectivity index (χ0v) is 13.1. The fourth-order valence-corrected chi connectivity index (χ4v) is 3.91. The molecule has 1 aromatic carbocycles. The number of benzene rings is 1. The van der Waals surface area contributed by atoms with Gasteiger partial charge in [0.05, 0.1) is 15.9 Å². The average Bonchev–Trinajstić information content (AvgIpc) is 2.88. The zero-order chi connectivity index (χ0) is 16.6. The van der Waals surface area contributed by atoms with Gasteiger partial charge in [-0.25, -0.2) is 0 Å². The number of rotatable bonds is 3. The summed E-state index contributed by atoms with van der Waals surface area (Å²) in [5, 5.41) is 22.1. The lowest BCUT2D eigenvalue weighted by Gasteiger charge is -2.44. The maximum absolute atomic E-state index is 11.3. The first-order valence-electron chi connectivity index (χ1n) is 7.82. The molecule has 2 saturated heterocycles. The number of nitro groups is 2. The van der Waals surface area contributed by atoms with Crippen LogP contribution in [0.2, 0.25) is 0 Å². The largest absolute Gasteiger partial charge is 0.366 e. The number of nitro benzene ring substituents is 2. The van der Waals surface area contributed by atoms with Crippen molar-refractivity contribution < 1.29 is 9.85 Å². The Hall–Kier alpha value is -2.22. The van der Waals surface area contributed by atoms with E-state index in [9.17, 15) is 20.2 Å². The molecule has 0 unspecified atom stereocenters. The van der Waals surface area contributed by atoms with Crippen LogP contribution in [0.15, 0.2) is 18.2 Å². The van der Waals surface area contributed by atoms with E-state index in [2.05, 4.69) is 11.9 Å². The predicted molar refractivity (Wildman–Crippen MR) is 85.8 cm³/mol. The van der Waals surface area contributed by atoms with Crippen molar-refractivity contribution in [1.82, 2.24) is 4.90 Å². The minimum Gasteiger partial charge on any atom is -0.366 e. The van der Waals surface area contributed by atoms with Crippen molar-refractivity contribution >= 4 is 17.1 Å². The average molecular weight is 320 g/mol. The molecule has 0 atom stereocenters. The van der Waals surface area contributed by atoms with Crippen LogP contribution in [0.25, 0.3) is 0 Å². The van der Waals surface area contributed by atoms with Gasteiger partial charge in [-0.05, 0) is 45.3 Å². The molecule has 0 radical (unpaired) electrons. The summed E-state index contributed by atoms with van der Waals surface area (Å²) in [5.41, 5.74) is 0.280. The first-order chi connectivity index (χ1) is 10.9. The minimum atomic E-state index is -0.602. The molecule has 23 heavy (non-hydrogen) atoms. The van der Waals surface area contributed by atoms with Gasteiger partial charge in [0.2, 0.25) is 0 Å². The number of non-ortho nitro benzene ring substituents is 1. The zero-order valence-electron chi connectivity index (χ0n) is 13.1. The standard InChI is InChI=1S/C15H20N4O4/c1-16-8-2-5-15(16)6-9-17(10-7-15)13-4-3-12(18(20)21)11-14(13)19(22)23/h3-4,11H,2,5-10H2,1H3. The molecule has 124 valence electrons. The Morgan fingerprint density at radius 2 is 1.74 bits per heavy atom. The Labute approximate surface area is 134 Å². The van der Waals surface area contributed by atoms with Gasteiger partial charge in [0.15, 0.2) is 0 Å². The molecule has 0 bridgehead atoms. The fourth-order valence-electron chi connectivity index (χ4n) is 3.91. The highest BCUT2D eigenvalue weighted by atomic mass is 16.6. The van der Waals surface area contributed by atoms with E-state index in [1.165, 1.54) is 25.0 Å². The van der Waals surface area contributed by atoms with Crippen LogP contribution in [0.5, 0.6) is 0 Å². The van der Waals surface area contributed by atoms with Crippen molar-refractivity contribution in [3.05, 3.63) is 38.4 Å². The summed E-state index contributed by atoms with van der Waals surface area (Å²) in [6.07, 6.45) is 4.32. The van der Waals surface area contributed by atoms with Crippen LogP contribution >= 0.6 is 0 Å². The van der Waals surface area contributed by atoms with Crippen LogP contribution in [-0.2, 0) is 0 Å². The summed E-state index contributed by atoms with van der Waals surface area (Å²) in [7, 11) is 2.15.